The molecule has 1 heterocycles. The molecule has 98 valence electrons. The van der Waals surface area contributed by atoms with Gasteiger partial charge in [0.15, 0.2) is 0 Å². The Bertz CT molecular complexity index is 357. The number of aromatic nitrogens is 1. The van der Waals surface area contributed by atoms with Crippen molar-refractivity contribution in [2.75, 3.05) is 13.7 Å². The van der Waals surface area contributed by atoms with Gasteiger partial charge >= 0.3 is 0 Å². The van der Waals surface area contributed by atoms with Crippen LogP contribution in [0.4, 0.5) is 0 Å². The molecule has 0 bridgehead atoms. The fourth-order valence-electron chi connectivity index (χ4n) is 1.60. The Morgan fingerprint density at radius 3 is 2.47 bits per heavy atom. The van der Waals surface area contributed by atoms with Gasteiger partial charge in [-0.25, -0.2) is 4.98 Å². The zero-order valence-electron chi connectivity index (χ0n) is 11.5. The molecule has 1 atom stereocenters. The number of hydrogen-bond acceptors (Lipinski definition) is 4. The summed E-state index contributed by atoms with van der Waals surface area (Å²) in [6, 6.07) is 0. The molecule has 1 aromatic rings. The van der Waals surface area contributed by atoms with Gasteiger partial charge < -0.3 is 10.5 Å². The minimum Gasteiger partial charge on any atom is -0.383 e. The van der Waals surface area contributed by atoms with E-state index < -0.39 is 0 Å². The molecule has 1 rings (SSSR count). The molecule has 3 nitrogen and oxygen atoms in total. The fraction of sp³-hybridized carbons (Fsp3) is 0.769. The van der Waals surface area contributed by atoms with Gasteiger partial charge in [-0.05, 0) is 6.42 Å². The second-order valence-corrected chi connectivity index (χ2v) is 6.64. The summed E-state index contributed by atoms with van der Waals surface area (Å²) in [5.41, 5.74) is 7.27. The molecular weight excluding hydrogens is 232 g/mol. The van der Waals surface area contributed by atoms with Crippen LogP contribution in [-0.2, 0) is 16.6 Å². The Kier molecular flexibility index (Phi) is 4.69. The van der Waals surface area contributed by atoms with Gasteiger partial charge in [0.1, 0.15) is 0 Å². The maximum absolute atomic E-state index is 6.30. The summed E-state index contributed by atoms with van der Waals surface area (Å²) in [5, 5.41) is 3.24. The summed E-state index contributed by atoms with van der Waals surface area (Å²) >= 11 is 1.70. The first-order valence-corrected chi connectivity index (χ1v) is 6.91. The lowest BCUT2D eigenvalue weighted by atomic mass is 9.92. The zero-order valence-corrected chi connectivity index (χ0v) is 12.4. The average Bonchev–Trinajstić information content (AvgIpc) is 2.66. The number of hydrogen-bond donors (Lipinski definition) is 1. The molecule has 0 radical (unpaired) electrons. The lowest BCUT2D eigenvalue weighted by Gasteiger charge is -2.26. The van der Waals surface area contributed by atoms with Gasteiger partial charge in [0, 0.05) is 29.9 Å². The van der Waals surface area contributed by atoms with E-state index in [-0.39, 0.29) is 11.0 Å². The van der Waals surface area contributed by atoms with Crippen molar-refractivity contribution in [3.63, 3.8) is 0 Å². The van der Waals surface area contributed by atoms with E-state index in [1.54, 1.807) is 18.4 Å². The van der Waals surface area contributed by atoms with E-state index in [9.17, 15) is 0 Å². The molecule has 0 aromatic carbocycles. The third kappa shape index (κ3) is 4.05. The van der Waals surface area contributed by atoms with Gasteiger partial charge in [0.2, 0.25) is 0 Å². The van der Waals surface area contributed by atoms with Crippen molar-refractivity contribution < 1.29 is 4.74 Å². The number of nitrogens with zero attached hydrogens (tertiary/aromatic N) is 1. The molecule has 0 spiro atoms. The number of nitrogens with two attached hydrogens (primary N) is 1. The SMILES string of the molecule is CCC(N)(COC)Cc1nc(C(C)(C)C)cs1. The lowest BCUT2D eigenvalue weighted by molar-refractivity contribution is 0.129. The predicted molar refractivity (Wildman–Crippen MR) is 73.6 cm³/mol. The molecule has 17 heavy (non-hydrogen) atoms. The van der Waals surface area contributed by atoms with Gasteiger partial charge in [-0.3, -0.25) is 0 Å². The van der Waals surface area contributed by atoms with E-state index in [4.69, 9.17) is 10.5 Å². The first-order valence-electron chi connectivity index (χ1n) is 6.03. The first kappa shape index (κ1) is 14.6. The lowest BCUT2D eigenvalue weighted by Crippen LogP contribution is -2.45. The Hall–Kier alpha value is -0.450. The van der Waals surface area contributed by atoms with E-state index in [1.165, 1.54) is 0 Å². The fourth-order valence-corrected chi connectivity index (χ4v) is 2.78. The van der Waals surface area contributed by atoms with Crippen molar-refractivity contribution in [3.8, 4) is 0 Å². The van der Waals surface area contributed by atoms with Crippen LogP contribution >= 0.6 is 11.3 Å². The molecule has 0 amide bonds. The van der Waals surface area contributed by atoms with E-state index in [0.717, 1.165) is 23.5 Å². The second kappa shape index (κ2) is 5.46. The maximum Gasteiger partial charge on any atom is 0.0947 e. The summed E-state index contributed by atoms with van der Waals surface area (Å²) in [5.74, 6) is 0. The standard InChI is InChI=1S/C13H24N2OS/c1-6-13(14,9-16-5)7-11-15-10(8-17-11)12(2,3)4/h8H,6-7,9,14H2,1-5H3. The minimum absolute atomic E-state index is 0.111. The highest BCUT2D eigenvalue weighted by Gasteiger charge is 2.26. The van der Waals surface area contributed by atoms with Crippen LogP contribution in [0.3, 0.4) is 0 Å². The van der Waals surface area contributed by atoms with Crippen molar-refractivity contribution in [2.45, 2.75) is 51.5 Å². The molecule has 0 saturated heterocycles. The van der Waals surface area contributed by atoms with E-state index >= 15 is 0 Å². The molecule has 0 saturated carbocycles. The highest BCUT2D eigenvalue weighted by molar-refractivity contribution is 7.09. The van der Waals surface area contributed by atoms with E-state index in [1.807, 2.05) is 0 Å². The van der Waals surface area contributed by atoms with Crippen LogP contribution in [-0.4, -0.2) is 24.2 Å². The largest absolute Gasteiger partial charge is 0.383 e. The van der Waals surface area contributed by atoms with Crippen molar-refractivity contribution >= 4 is 11.3 Å². The van der Waals surface area contributed by atoms with Crippen molar-refractivity contribution in [2.24, 2.45) is 5.73 Å². The van der Waals surface area contributed by atoms with Gasteiger partial charge in [-0.1, -0.05) is 27.7 Å². The Balaban J connectivity index is 2.78. The summed E-state index contributed by atoms with van der Waals surface area (Å²) in [6.45, 7) is 9.20. The van der Waals surface area contributed by atoms with E-state index in [0.29, 0.717) is 6.61 Å². The number of ether oxygens (including phenoxy) is 1. The van der Waals surface area contributed by atoms with Crippen LogP contribution < -0.4 is 5.73 Å². The monoisotopic (exact) mass is 256 g/mol. The smallest absolute Gasteiger partial charge is 0.0947 e. The van der Waals surface area contributed by atoms with Crippen LogP contribution in [0.2, 0.25) is 0 Å². The highest BCUT2D eigenvalue weighted by atomic mass is 32.1. The Morgan fingerprint density at radius 1 is 1.41 bits per heavy atom. The summed E-state index contributed by atoms with van der Waals surface area (Å²) < 4.78 is 5.20. The maximum atomic E-state index is 6.30. The van der Waals surface area contributed by atoms with Crippen LogP contribution in [0.25, 0.3) is 0 Å². The van der Waals surface area contributed by atoms with Gasteiger partial charge in [-0.15, -0.1) is 11.3 Å². The molecule has 0 aliphatic carbocycles. The summed E-state index contributed by atoms with van der Waals surface area (Å²) in [4.78, 5) is 4.68. The van der Waals surface area contributed by atoms with Crippen LogP contribution in [0.1, 0.15) is 44.8 Å². The third-order valence-electron chi connectivity index (χ3n) is 2.96. The Morgan fingerprint density at radius 2 is 2.06 bits per heavy atom. The molecule has 0 aliphatic rings. The molecule has 2 N–H and O–H groups in total. The predicted octanol–water partition coefficient (Wildman–Crippen LogP) is 2.74. The van der Waals surface area contributed by atoms with Crippen LogP contribution in [0.5, 0.6) is 0 Å². The molecule has 0 aliphatic heterocycles. The topological polar surface area (TPSA) is 48.1 Å². The Labute approximate surface area is 108 Å². The first-order chi connectivity index (χ1) is 7.80. The number of methoxy groups -OCH3 is 1. The van der Waals surface area contributed by atoms with E-state index in [2.05, 4.69) is 38.1 Å². The van der Waals surface area contributed by atoms with Gasteiger partial charge in [-0.2, -0.15) is 0 Å². The van der Waals surface area contributed by atoms with Crippen molar-refractivity contribution in [1.29, 1.82) is 0 Å². The average molecular weight is 256 g/mol. The quantitative estimate of drug-likeness (QED) is 0.881. The minimum atomic E-state index is -0.290. The van der Waals surface area contributed by atoms with Crippen molar-refractivity contribution in [1.82, 2.24) is 4.98 Å². The van der Waals surface area contributed by atoms with Crippen LogP contribution in [0.15, 0.2) is 5.38 Å². The summed E-state index contributed by atoms with van der Waals surface area (Å²) in [6.07, 6.45) is 1.68. The number of thiazole rings is 1. The van der Waals surface area contributed by atoms with Crippen molar-refractivity contribution in [3.05, 3.63) is 16.1 Å². The molecule has 1 unspecified atom stereocenters. The van der Waals surface area contributed by atoms with Gasteiger partial charge in [0.05, 0.1) is 17.3 Å². The number of rotatable bonds is 5. The highest BCUT2D eigenvalue weighted by Crippen LogP contribution is 2.26. The third-order valence-corrected chi connectivity index (χ3v) is 3.81. The van der Waals surface area contributed by atoms with Crippen LogP contribution in [0, 0.1) is 0 Å². The molecule has 4 heteroatoms. The normalized spacial score (nSPS) is 15.9. The molecule has 1 aromatic heterocycles. The second-order valence-electron chi connectivity index (χ2n) is 5.70. The zero-order chi connectivity index (χ0) is 13.1. The van der Waals surface area contributed by atoms with Gasteiger partial charge in [0.25, 0.3) is 0 Å². The molecule has 0 fully saturated rings. The summed E-state index contributed by atoms with van der Waals surface area (Å²) in [7, 11) is 1.69. The molecular formula is C13H24N2OS.